The molecular formula is C4H7N2O. The zero-order chi connectivity index (χ0) is 5.11. The standard InChI is InChI=1S/C4H7N2O/c7-4-3-5-1-2-6-4/h5H,1-3H2. The summed E-state index contributed by atoms with van der Waals surface area (Å²) < 4.78 is 0. The van der Waals surface area contributed by atoms with Gasteiger partial charge < -0.3 is 5.32 Å². The highest BCUT2D eigenvalue weighted by Gasteiger charge is 2.05. The van der Waals surface area contributed by atoms with Crippen LogP contribution in [0.2, 0.25) is 0 Å². The third-order valence-corrected chi connectivity index (χ3v) is 0.853. The van der Waals surface area contributed by atoms with Crippen LogP contribution >= 0.6 is 0 Å². The molecule has 0 aromatic heterocycles. The van der Waals surface area contributed by atoms with E-state index in [1.54, 1.807) is 0 Å². The Kier molecular flexibility index (Phi) is 1.26. The van der Waals surface area contributed by atoms with Crippen LogP contribution in [0.5, 0.6) is 0 Å². The fourth-order valence-corrected chi connectivity index (χ4v) is 0.511. The molecule has 1 radical (unpaired) electrons. The fraction of sp³-hybridized carbons (Fsp3) is 0.750. The molecule has 1 aliphatic rings. The molecule has 1 saturated heterocycles. The zero-order valence-corrected chi connectivity index (χ0v) is 3.98. The van der Waals surface area contributed by atoms with Crippen molar-refractivity contribution >= 4 is 5.91 Å². The second-order valence-corrected chi connectivity index (χ2v) is 1.45. The van der Waals surface area contributed by atoms with Crippen molar-refractivity contribution in [1.29, 1.82) is 0 Å². The van der Waals surface area contributed by atoms with Crippen LogP contribution in [-0.2, 0) is 4.79 Å². The second kappa shape index (κ2) is 1.93. The Morgan fingerprint density at radius 2 is 2.57 bits per heavy atom. The molecule has 0 bridgehead atoms. The van der Waals surface area contributed by atoms with Crippen molar-refractivity contribution in [2.24, 2.45) is 0 Å². The lowest BCUT2D eigenvalue weighted by molar-refractivity contribution is -0.121. The summed E-state index contributed by atoms with van der Waals surface area (Å²) in [7, 11) is 0. The van der Waals surface area contributed by atoms with E-state index in [4.69, 9.17) is 0 Å². The van der Waals surface area contributed by atoms with Crippen molar-refractivity contribution in [2.75, 3.05) is 19.6 Å². The Labute approximate surface area is 42.1 Å². The normalized spacial score (nSPS) is 21.4. The Hall–Kier alpha value is -0.570. The van der Waals surface area contributed by atoms with Gasteiger partial charge in [0, 0.05) is 6.54 Å². The molecule has 7 heavy (non-hydrogen) atoms. The van der Waals surface area contributed by atoms with E-state index in [0.717, 1.165) is 6.54 Å². The summed E-state index contributed by atoms with van der Waals surface area (Å²) in [5.74, 6) is -0.0220. The van der Waals surface area contributed by atoms with Crippen LogP contribution in [0.3, 0.4) is 0 Å². The molecule has 0 saturated carbocycles. The van der Waals surface area contributed by atoms with Gasteiger partial charge in [0.1, 0.15) is 0 Å². The van der Waals surface area contributed by atoms with E-state index in [2.05, 4.69) is 10.6 Å². The van der Waals surface area contributed by atoms with Crippen LogP contribution in [0.15, 0.2) is 0 Å². The lowest BCUT2D eigenvalue weighted by atomic mass is 10.4. The third kappa shape index (κ3) is 1.16. The van der Waals surface area contributed by atoms with Crippen LogP contribution in [0.25, 0.3) is 0 Å². The summed E-state index contributed by atoms with van der Waals surface area (Å²) in [4.78, 5) is 10.2. The first-order valence-electron chi connectivity index (χ1n) is 2.30. The monoisotopic (exact) mass is 99.1 g/mol. The van der Waals surface area contributed by atoms with Crippen molar-refractivity contribution in [3.63, 3.8) is 0 Å². The fourth-order valence-electron chi connectivity index (χ4n) is 0.511. The van der Waals surface area contributed by atoms with Gasteiger partial charge in [0.2, 0.25) is 0 Å². The molecule has 1 heterocycles. The Balaban J connectivity index is 2.25. The molecule has 0 aromatic rings. The number of nitrogens with zero attached hydrogens (tertiary/aromatic N) is 1. The van der Waals surface area contributed by atoms with Gasteiger partial charge in [-0.1, -0.05) is 0 Å². The average molecular weight is 99.1 g/mol. The van der Waals surface area contributed by atoms with E-state index < -0.39 is 0 Å². The largest absolute Gasteiger partial charge is 0.306 e. The molecule has 1 amide bonds. The Morgan fingerprint density at radius 3 is 2.86 bits per heavy atom. The van der Waals surface area contributed by atoms with Crippen LogP contribution < -0.4 is 10.6 Å². The number of hydrogen-bond acceptors (Lipinski definition) is 2. The highest BCUT2D eigenvalue weighted by atomic mass is 16.2. The molecule has 1 N–H and O–H groups in total. The van der Waals surface area contributed by atoms with Gasteiger partial charge in [-0.05, 0) is 0 Å². The van der Waals surface area contributed by atoms with Crippen LogP contribution in [0.4, 0.5) is 0 Å². The molecule has 39 valence electrons. The minimum Gasteiger partial charge on any atom is -0.306 e. The molecule has 1 aliphatic heterocycles. The van der Waals surface area contributed by atoms with Gasteiger partial charge in [0.15, 0.2) is 0 Å². The quantitative estimate of drug-likeness (QED) is 0.411. The highest BCUT2D eigenvalue weighted by molar-refractivity contribution is 5.78. The number of amides is 1. The molecule has 0 unspecified atom stereocenters. The molecule has 0 spiro atoms. The maximum atomic E-state index is 10.2. The molecular weight excluding hydrogens is 92.1 g/mol. The van der Waals surface area contributed by atoms with Gasteiger partial charge in [0.05, 0.1) is 13.1 Å². The number of piperazine rings is 1. The van der Waals surface area contributed by atoms with Gasteiger partial charge in [-0.25, -0.2) is 5.32 Å². The number of carbonyl (C=O) groups is 1. The first-order chi connectivity index (χ1) is 3.39. The van der Waals surface area contributed by atoms with E-state index >= 15 is 0 Å². The summed E-state index contributed by atoms with van der Waals surface area (Å²) in [5.41, 5.74) is 0. The Morgan fingerprint density at radius 1 is 1.71 bits per heavy atom. The topological polar surface area (TPSA) is 43.2 Å². The molecule has 1 rings (SSSR count). The van der Waals surface area contributed by atoms with Gasteiger partial charge in [-0.15, -0.1) is 0 Å². The van der Waals surface area contributed by atoms with Crippen LogP contribution in [-0.4, -0.2) is 25.5 Å². The zero-order valence-electron chi connectivity index (χ0n) is 3.98. The minimum absolute atomic E-state index is 0.0220. The van der Waals surface area contributed by atoms with E-state index in [0.29, 0.717) is 13.1 Å². The first kappa shape index (κ1) is 4.59. The van der Waals surface area contributed by atoms with Gasteiger partial charge in [0.25, 0.3) is 5.91 Å². The SMILES string of the molecule is O=C1CNCC[N]1. The van der Waals surface area contributed by atoms with Gasteiger partial charge >= 0.3 is 0 Å². The Bertz CT molecular complexity index is 73.8. The van der Waals surface area contributed by atoms with Crippen LogP contribution in [0, 0.1) is 0 Å². The minimum atomic E-state index is -0.0220. The van der Waals surface area contributed by atoms with Gasteiger partial charge in [-0.3, -0.25) is 4.79 Å². The first-order valence-corrected chi connectivity index (χ1v) is 2.30. The number of rotatable bonds is 0. The lowest BCUT2D eigenvalue weighted by Crippen LogP contribution is -2.40. The second-order valence-electron chi connectivity index (χ2n) is 1.45. The molecule has 0 atom stereocenters. The van der Waals surface area contributed by atoms with E-state index in [-0.39, 0.29) is 5.91 Å². The maximum absolute atomic E-state index is 10.2. The van der Waals surface area contributed by atoms with Gasteiger partial charge in [-0.2, -0.15) is 0 Å². The maximum Gasteiger partial charge on any atom is 0.255 e. The molecule has 0 aliphatic carbocycles. The smallest absolute Gasteiger partial charge is 0.255 e. The predicted molar refractivity (Wildman–Crippen MR) is 24.9 cm³/mol. The summed E-state index contributed by atoms with van der Waals surface area (Å²) in [6, 6.07) is 0. The number of hydrogen-bond donors (Lipinski definition) is 1. The summed E-state index contributed by atoms with van der Waals surface area (Å²) >= 11 is 0. The van der Waals surface area contributed by atoms with Crippen molar-refractivity contribution in [1.82, 2.24) is 10.6 Å². The summed E-state index contributed by atoms with van der Waals surface area (Å²) in [6.45, 7) is 1.94. The lowest BCUT2D eigenvalue weighted by Gasteiger charge is -2.08. The molecule has 3 heteroatoms. The van der Waals surface area contributed by atoms with E-state index in [1.807, 2.05) is 0 Å². The molecule has 0 aromatic carbocycles. The number of carbonyl (C=O) groups excluding carboxylic acids is 1. The van der Waals surface area contributed by atoms with Crippen molar-refractivity contribution < 1.29 is 4.79 Å². The summed E-state index contributed by atoms with van der Waals surface area (Å²) in [5, 5.41) is 6.52. The van der Waals surface area contributed by atoms with E-state index in [1.165, 1.54) is 0 Å². The molecule has 1 fully saturated rings. The highest BCUT2D eigenvalue weighted by Crippen LogP contribution is 1.72. The van der Waals surface area contributed by atoms with Crippen molar-refractivity contribution in [2.45, 2.75) is 0 Å². The van der Waals surface area contributed by atoms with E-state index in [9.17, 15) is 4.79 Å². The van der Waals surface area contributed by atoms with Crippen molar-refractivity contribution in [3.05, 3.63) is 0 Å². The average Bonchev–Trinajstić information content (AvgIpc) is 1.69. The summed E-state index contributed by atoms with van der Waals surface area (Å²) in [6.07, 6.45) is 0. The van der Waals surface area contributed by atoms with Crippen molar-refractivity contribution in [3.8, 4) is 0 Å². The molecule has 3 nitrogen and oxygen atoms in total. The van der Waals surface area contributed by atoms with Crippen LogP contribution in [0.1, 0.15) is 0 Å². The number of nitrogens with one attached hydrogen (secondary N) is 1. The third-order valence-electron chi connectivity index (χ3n) is 0.853. The predicted octanol–water partition coefficient (Wildman–Crippen LogP) is -1.28.